The van der Waals surface area contributed by atoms with Crippen molar-refractivity contribution in [3.63, 3.8) is 0 Å². The predicted molar refractivity (Wildman–Crippen MR) is 75.8 cm³/mol. The molecule has 1 aromatic heterocycles. The summed E-state index contributed by atoms with van der Waals surface area (Å²) in [6.45, 7) is 4.94. The fraction of sp³-hybridized carbons (Fsp3) is 0.692. The van der Waals surface area contributed by atoms with E-state index >= 15 is 0 Å². The van der Waals surface area contributed by atoms with Crippen LogP contribution in [0.5, 0.6) is 0 Å². The third kappa shape index (κ3) is 2.92. The lowest BCUT2D eigenvalue weighted by Gasteiger charge is -2.15. The quantitative estimate of drug-likeness (QED) is 0.881. The molecule has 19 heavy (non-hydrogen) atoms. The van der Waals surface area contributed by atoms with Gasteiger partial charge in [0.05, 0.1) is 0 Å². The van der Waals surface area contributed by atoms with Crippen LogP contribution in [0.2, 0.25) is 5.02 Å². The average molecular weight is 283 g/mol. The summed E-state index contributed by atoms with van der Waals surface area (Å²) in [6, 6.07) is 0.841. The van der Waals surface area contributed by atoms with Crippen molar-refractivity contribution in [2.75, 3.05) is 25.0 Å². The molecule has 6 heteroatoms. The molecular weight excluding hydrogens is 264 g/mol. The minimum absolute atomic E-state index is 0.155. The zero-order chi connectivity index (χ0) is 13.4. The highest BCUT2D eigenvalue weighted by molar-refractivity contribution is 6.32. The summed E-state index contributed by atoms with van der Waals surface area (Å²) in [4.78, 5) is 20.9. The zero-order valence-electron chi connectivity index (χ0n) is 11.1. The van der Waals surface area contributed by atoms with Crippen LogP contribution in [0.25, 0.3) is 0 Å². The molecular formula is C13H19ClN4O. The van der Waals surface area contributed by atoms with Gasteiger partial charge in [0.2, 0.25) is 0 Å². The monoisotopic (exact) mass is 282 g/mol. The summed E-state index contributed by atoms with van der Waals surface area (Å²) < 4.78 is 0. The Morgan fingerprint density at radius 2 is 2.26 bits per heavy atom. The largest absolute Gasteiger partial charge is 0.368 e. The van der Waals surface area contributed by atoms with Crippen molar-refractivity contribution < 1.29 is 0 Å². The number of H-pyrrole nitrogens is 1. The van der Waals surface area contributed by atoms with Gasteiger partial charge in [0, 0.05) is 19.1 Å². The van der Waals surface area contributed by atoms with Crippen LogP contribution in [0.15, 0.2) is 4.79 Å². The number of anilines is 1. The zero-order valence-corrected chi connectivity index (χ0v) is 11.8. The van der Waals surface area contributed by atoms with Crippen LogP contribution >= 0.6 is 11.6 Å². The van der Waals surface area contributed by atoms with E-state index in [0.717, 1.165) is 19.1 Å². The molecule has 3 rings (SSSR count). The molecule has 1 aromatic rings. The van der Waals surface area contributed by atoms with Gasteiger partial charge in [-0.2, -0.15) is 0 Å². The number of hydrogen-bond donors (Lipinski definition) is 2. The molecule has 0 aromatic carbocycles. The molecule has 5 nitrogen and oxygen atoms in total. The predicted octanol–water partition coefficient (Wildman–Crippen LogP) is 1.63. The van der Waals surface area contributed by atoms with E-state index in [2.05, 4.69) is 20.2 Å². The van der Waals surface area contributed by atoms with Crippen LogP contribution < -0.4 is 10.9 Å². The third-order valence-electron chi connectivity index (χ3n) is 3.92. The van der Waals surface area contributed by atoms with Crippen molar-refractivity contribution >= 4 is 17.4 Å². The highest BCUT2D eigenvalue weighted by Crippen LogP contribution is 2.31. The summed E-state index contributed by atoms with van der Waals surface area (Å²) in [5.74, 6) is 1.72. The summed E-state index contributed by atoms with van der Waals surface area (Å²) >= 11 is 5.96. The summed E-state index contributed by atoms with van der Waals surface area (Å²) in [7, 11) is 0. The van der Waals surface area contributed by atoms with Crippen molar-refractivity contribution in [3.8, 4) is 0 Å². The molecule has 0 spiro atoms. The van der Waals surface area contributed by atoms with E-state index in [-0.39, 0.29) is 10.6 Å². The van der Waals surface area contributed by atoms with Crippen LogP contribution in [0.4, 0.5) is 5.82 Å². The van der Waals surface area contributed by atoms with Gasteiger partial charge >= 0.3 is 0 Å². The number of halogens is 1. The van der Waals surface area contributed by atoms with Crippen molar-refractivity contribution in [2.45, 2.75) is 32.2 Å². The standard InChI is InChI=1S/C13H19ClN4O/c1-8-16-12(11(14)13(19)17-8)15-6-9-4-5-18(7-9)10-2-3-10/h9-10H,2-7H2,1H3,(H2,15,16,17,19)/t9-/m1/s1. The Labute approximate surface area is 117 Å². The molecule has 0 radical (unpaired) electrons. The van der Waals surface area contributed by atoms with E-state index in [1.807, 2.05) is 0 Å². The minimum Gasteiger partial charge on any atom is -0.368 e. The number of nitrogens with one attached hydrogen (secondary N) is 2. The fourth-order valence-corrected chi connectivity index (χ4v) is 2.89. The van der Waals surface area contributed by atoms with Gasteiger partial charge in [-0.15, -0.1) is 0 Å². The van der Waals surface area contributed by atoms with Crippen molar-refractivity contribution in [1.82, 2.24) is 14.9 Å². The molecule has 1 aliphatic carbocycles. The number of aromatic amines is 1. The summed E-state index contributed by atoms with van der Waals surface area (Å²) in [6.07, 6.45) is 3.94. The molecule has 2 aliphatic rings. The number of likely N-dealkylation sites (tertiary alicyclic amines) is 1. The topological polar surface area (TPSA) is 61.0 Å². The highest BCUT2D eigenvalue weighted by Gasteiger charge is 2.34. The van der Waals surface area contributed by atoms with Gasteiger partial charge in [-0.05, 0) is 38.6 Å². The molecule has 1 saturated carbocycles. The lowest BCUT2D eigenvalue weighted by Crippen LogP contribution is -2.25. The van der Waals surface area contributed by atoms with Crippen LogP contribution in [-0.2, 0) is 0 Å². The van der Waals surface area contributed by atoms with Crippen molar-refractivity contribution in [2.24, 2.45) is 5.92 Å². The molecule has 2 N–H and O–H groups in total. The van der Waals surface area contributed by atoms with Crippen LogP contribution in [0.3, 0.4) is 0 Å². The first-order chi connectivity index (χ1) is 9.13. The number of nitrogens with zero attached hydrogens (tertiary/aromatic N) is 2. The second kappa shape index (κ2) is 5.13. The van der Waals surface area contributed by atoms with Crippen molar-refractivity contribution in [1.29, 1.82) is 0 Å². The van der Waals surface area contributed by atoms with E-state index in [9.17, 15) is 4.79 Å². The van der Waals surface area contributed by atoms with Crippen LogP contribution in [0.1, 0.15) is 25.1 Å². The molecule has 0 unspecified atom stereocenters. The lowest BCUT2D eigenvalue weighted by atomic mass is 10.1. The van der Waals surface area contributed by atoms with Gasteiger partial charge in [0.1, 0.15) is 10.8 Å². The van der Waals surface area contributed by atoms with Crippen LogP contribution in [-0.4, -0.2) is 40.5 Å². The molecule has 1 atom stereocenters. The average Bonchev–Trinajstić information content (AvgIpc) is 3.12. The van der Waals surface area contributed by atoms with E-state index in [4.69, 9.17) is 11.6 Å². The Hall–Kier alpha value is -1.07. The van der Waals surface area contributed by atoms with Gasteiger partial charge in [-0.3, -0.25) is 4.79 Å². The Kier molecular flexibility index (Phi) is 3.50. The Bertz CT molecular complexity index is 526. The summed E-state index contributed by atoms with van der Waals surface area (Å²) in [5, 5.41) is 3.38. The molecule has 0 bridgehead atoms. The smallest absolute Gasteiger partial charge is 0.271 e. The SMILES string of the molecule is Cc1nc(NC[C@H]2CCN(C3CC3)C2)c(Cl)c(=O)[nH]1. The number of hydrogen-bond acceptors (Lipinski definition) is 4. The molecule has 2 fully saturated rings. The molecule has 1 aliphatic heterocycles. The maximum absolute atomic E-state index is 11.5. The normalized spacial score (nSPS) is 23.8. The molecule has 1 saturated heterocycles. The highest BCUT2D eigenvalue weighted by atomic mass is 35.5. The van der Waals surface area contributed by atoms with Gasteiger partial charge in [0.25, 0.3) is 5.56 Å². The van der Waals surface area contributed by atoms with E-state index in [1.54, 1.807) is 6.92 Å². The first-order valence-corrected chi connectivity index (χ1v) is 7.25. The maximum atomic E-state index is 11.5. The Morgan fingerprint density at radius 1 is 1.47 bits per heavy atom. The Balaban J connectivity index is 1.59. The molecule has 104 valence electrons. The van der Waals surface area contributed by atoms with E-state index in [0.29, 0.717) is 17.6 Å². The van der Waals surface area contributed by atoms with Gasteiger partial charge in [-0.1, -0.05) is 11.6 Å². The fourth-order valence-electron chi connectivity index (χ4n) is 2.73. The molecule has 0 amide bonds. The summed E-state index contributed by atoms with van der Waals surface area (Å²) in [5.41, 5.74) is -0.275. The Morgan fingerprint density at radius 3 is 3.00 bits per heavy atom. The van der Waals surface area contributed by atoms with Gasteiger partial charge in [-0.25, -0.2) is 4.98 Å². The first-order valence-electron chi connectivity index (χ1n) is 6.88. The second-order valence-corrected chi connectivity index (χ2v) is 5.95. The van der Waals surface area contributed by atoms with Gasteiger partial charge in [0.15, 0.2) is 5.82 Å². The minimum atomic E-state index is -0.275. The first kappa shape index (κ1) is 12.9. The third-order valence-corrected chi connectivity index (χ3v) is 4.27. The van der Waals surface area contributed by atoms with Gasteiger partial charge < -0.3 is 15.2 Å². The molecule has 2 heterocycles. The number of rotatable bonds is 4. The van der Waals surface area contributed by atoms with E-state index < -0.39 is 0 Å². The maximum Gasteiger partial charge on any atom is 0.271 e. The number of aryl methyl sites for hydroxylation is 1. The lowest BCUT2D eigenvalue weighted by molar-refractivity contribution is 0.316. The van der Waals surface area contributed by atoms with E-state index in [1.165, 1.54) is 25.8 Å². The van der Waals surface area contributed by atoms with Crippen LogP contribution in [0, 0.1) is 12.8 Å². The second-order valence-electron chi connectivity index (χ2n) is 5.58. The van der Waals surface area contributed by atoms with Crippen molar-refractivity contribution in [3.05, 3.63) is 21.2 Å². The number of aromatic nitrogens is 2.